The summed E-state index contributed by atoms with van der Waals surface area (Å²) in [5.74, 6) is 0. The molecule has 2 heteroatoms. The first-order valence-corrected chi connectivity index (χ1v) is 6.68. The molecule has 0 saturated carbocycles. The van der Waals surface area contributed by atoms with E-state index in [-0.39, 0.29) is 12.1 Å². The average molecular weight is 235 g/mol. The highest BCUT2D eigenvalue weighted by Gasteiger charge is 2.18. The predicted octanol–water partition coefficient (Wildman–Crippen LogP) is 3.45. The van der Waals surface area contributed by atoms with Gasteiger partial charge in [-0.1, -0.05) is 44.5 Å². The monoisotopic (exact) mass is 235 g/mol. The van der Waals surface area contributed by atoms with Crippen molar-refractivity contribution < 1.29 is 4.74 Å². The van der Waals surface area contributed by atoms with Crippen molar-refractivity contribution in [2.45, 2.75) is 52.2 Å². The van der Waals surface area contributed by atoms with Crippen LogP contribution >= 0.6 is 0 Å². The first-order valence-electron chi connectivity index (χ1n) is 6.68. The van der Waals surface area contributed by atoms with Gasteiger partial charge in [0.1, 0.15) is 0 Å². The van der Waals surface area contributed by atoms with Gasteiger partial charge in [0.25, 0.3) is 0 Å². The van der Waals surface area contributed by atoms with Crippen LogP contribution in [-0.4, -0.2) is 12.7 Å². The number of nitrogens with two attached hydrogens (primary N) is 1. The van der Waals surface area contributed by atoms with Gasteiger partial charge >= 0.3 is 0 Å². The quantitative estimate of drug-likeness (QED) is 0.785. The van der Waals surface area contributed by atoms with Crippen LogP contribution in [0.25, 0.3) is 0 Å². The first kappa shape index (κ1) is 14.2. The van der Waals surface area contributed by atoms with Gasteiger partial charge in [0, 0.05) is 6.61 Å². The van der Waals surface area contributed by atoms with Crippen molar-refractivity contribution in [3.05, 3.63) is 35.4 Å². The maximum absolute atomic E-state index is 6.31. The Morgan fingerprint density at radius 3 is 2.59 bits per heavy atom. The molecule has 0 heterocycles. The maximum atomic E-state index is 6.31. The van der Waals surface area contributed by atoms with E-state index in [2.05, 4.69) is 38.1 Å². The van der Waals surface area contributed by atoms with Crippen LogP contribution < -0.4 is 5.73 Å². The smallest absolute Gasteiger partial charge is 0.0767 e. The lowest BCUT2D eigenvalue weighted by Crippen LogP contribution is -2.29. The Labute approximate surface area is 105 Å². The predicted molar refractivity (Wildman–Crippen MR) is 73.1 cm³/mol. The minimum absolute atomic E-state index is 0.0126. The summed E-state index contributed by atoms with van der Waals surface area (Å²) in [5.41, 5.74) is 8.84. The second kappa shape index (κ2) is 7.46. The lowest BCUT2D eigenvalue weighted by Gasteiger charge is -2.24. The molecule has 17 heavy (non-hydrogen) atoms. The lowest BCUT2D eigenvalue weighted by molar-refractivity contribution is 0.0374. The molecule has 1 rings (SSSR count). The van der Waals surface area contributed by atoms with Crippen LogP contribution in [0.2, 0.25) is 0 Å². The van der Waals surface area contributed by atoms with Crippen molar-refractivity contribution in [1.82, 2.24) is 0 Å². The van der Waals surface area contributed by atoms with Gasteiger partial charge in [-0.05, 0) is 30.9 Å². The van der Waals surface area contributed by atoms with Gasteiger partial charge in [-0.3, -0.25) is 0 Å². The molecule has 2 nitrogen and oxygen atoms in total. The number of hydrogen-bond donors (Lipinski definition) is 1. The highest BCUT2D eigenvalue weighted by molar-refractivity contribution is 5.26. The third kappa shape index (κ3) is 4.14. The van der Waals surface area contributed by atoms with Crippen LogP contribution in [0.15, 0.2) is 24.3 Å². The van der Waals surface area contributed by atoms with Gasteiger partial charge in [-0.2, -0.15) is 0 Å². The first-order chi connectivity index (χ1) is 8.22. The van der Waals surface area contributed by atoms with Crippen LogP contribution in [0.4, 0.5) is 0 Å². The van der Waals surface area contributed by atoms with Crippen LogP contribution in [0.3, 0.4) is 0 Å². The molecule has 2 atom stereocenters. The van der Waals surface area contributed by atoms with Gasteiger partial charge in [-0.25, -0.2) is 0 Å². The Morgan fingerprint density at radius 1 is 1.24 bits per heavy atom. The summed E-state index contributed by atoms with van der Waals surface area (Å²) < 4.78 is 5.75. The van der Waals surface area contributed by atoms with Crippen molar-refractivity contribution in [2.24, 2.45) is 5.73 Å². The van der Waals surface area contributed by atoms with Crippen molar-refractivity contribution in [1.29, 1.82) is 0 Å². The van der Waals surface area contributed by atoms with E-state index in [1.165, 1.54) is 11.1 Å². The average Bonchev–Trinajstić information content (AvgIpc) is 2.38. The Hall–Kier alpha value is -0.860. The van der Waals surface area contributed by atoms with E-state index < -0.39 is 0 Å². The third-order valence-corrected chi connectivity index (χ3v) is 3.10. The molecule has 96 valence electrons. The second-order valence-corrected chi connectivity index (χ2v) is 4.41. The summed E-state index contributed by atoms with van der Waals surface area (Å²) in [6.45, 7) is 7.08. The van der Waals surface area contributed by atoms with Crippen LogP contribution in [-0.2, 0) is 11.2 Å². The summed E-state index contributed by atoms with van der Waals surface area (Å²) in [6, 6.07) is 8.52. The van der Waals surface area contributed by atoms with Gasteiger partial charge < -0.3 is 10.5 Å². The molecule has 0 aliphatic carbocycles. The molecule has 0 aromatic heterocycles. The van der Waals surface area contributed by atoms with E-state index in [4.69, 9.17) is 10.5 Å². The van der Waals surface area contributed by atoms with Gasteiger partial charge in [0.05, 0.1) is 12.1 Å². The number of hydrogen-bond acceptors (Lipinski definition) is 2. The molecule has 0 spiro atoms. The molecule has 0 bridgehead atoms. The van der Waals surface area contributed by atoms with Crippen LogP contribution in [0.5, 0.6) is 0 Å². The summed E-state index contributed by atoms with van der Waals surface area (Å²) in [6.07, 6.45) is 3.31. The third-order valence-electron chi connectivity index (χ3n) is 3.10. The number of ether oxygens (including phenoxy) is 1. The minimum atomic E-state index is -0.0126. The van der Waals surface area contributed by atoms with E-state index in [0.29, 0.717) is 0 Å². The Balaban J connectivity index is 2.79. The van der Waals surface area contributed by atoms with E-state index in [0.717, 1.165) is 25.9 Å². The summed E-state index contributed by atoms with van der Waals surface area (Å²) in [5, 5.41) is 0. The Morgan fingerprint density at radius 2 is 2.00 bits per heavy atom. The largest absolute Gasteiger partial charge is 0.377 e. The fraction of sp³-hybridized carbons (Fsp3) is 0.600. The SMILES string of the molecule is CCCC(OCC)C(N)c1cccc(CC)c1. The summed E-state index contributed by atoms with van der Waals surface area (Å²) in [7, 11) is 0. The fourth-order valence-corrected chi connectivity index (χ4v) is 2.10. The van der Waals surface area contributed by atoms with E-state index in [9.17, 15) is 0 Å². The molecule has 2 unspecified atom stereocenters. The molecular weight excluding hydrogens is 210 g/mol. The highest BCUT2D eigenvalue weighted by atomic mass is 16.5. The summed E-state index contributed by atoms with van der Waals surface area (Å²) >= 11 is 0. The Bertz CT molecular complexity index is 318. The molecule has 0 aliphatic rings. The van der Waals surface area contributed by atoms with Crippen LogP contribution in [0, 0.1) is 0 Å². The molecule has 2 N–H and O–H groups in total. The van der Waals surface area contributed by atoms with E-state index in [1.807, 2.05) is 6.92 Å². The van der Waals surface area contributed by atoms with Gasteiger partial charge in [0.2, 0.25) is 0 Å². The minimum Gasteiger partial charge on any atom is -0.377 e. The maximum Gasteiger partial charge on any atom is 0.0767 e. The molecular formula is C15H25NO. The normalized spacial score (nSPS) is 14.6. The standard InChI is InChI=1S/C15H25NO/c1-4-8-14(17-6-3)15(16)13-10-7-9-12(5-2)11-13/h7,9-11,14-15H,4-6,8,16H2,1-3H3. The highest BCUT2D eigenvalue weighted by Crippen LogP contribution is 2.21. The molecule has 1 aromatic rings. The van der Waals surface area contributed by atoms with E-state index >= 15 is 0 Å². The van der Waals surface area contributed by atoms with Gasteiger partial charge in [0.15, 0.2) is 0 Å². The van der Waals surface area contributed by atoms with Crippen molar-refractivity contribution in [3.63, 3.8) is 0 Å². The second-order valence-electron chi connectivity index (χ2n) is 4.41. The van der Waals surface area contributed by atoms with Crippen molar-refractivity contribution in [2.75, 3.05) is 6.61 Å². The van der Waals surface area contributed by atoms with Crippen LogP contribution in [0.1, 0.15) is 50.8 Å². The number of rotatable bonds is 7. The molecule has 0 amide bonds. The summed E-state index contributed by atoms with van der Waals surface area (Å²) in [4.78, 5) is 0. The molecule has 0 aliphatic heterocycles. The van der Waals surface area contributed by atoms with Gasteiger partial charge in [-0.15, -0.1) is 0 Å². The number of benzene rings is 1. The Kier molecular flexibility index (Phi) is 6.23. The zero-order chi connectivity index (χ0) is 12.7. The number of aryl methyl sites for hydroxylation is 1. The molecule has 0 radical (unpaired) electrons. The molecule has 0 saturated heterocycles. The zero-order valence-corrected chi connectivity index (χ0v) is 11.3. The zero-order valence-electron chi connectivity index (χ0n) is 11.3. The van der Waals surface area contributed by atoms with Crippen molar-refractivity contribution >= 4 is 0 Å². The topological polar surface area (TPSA) is 35.2 Å². The van der Waals surface area contributed by atoms with Crippen molar-refractivity contribution in [3.8, 4) is 0 Å². The molecule has 0 fully saturated rings. The fourth-order valence-electron chi connectivity index (χ4n) is 2.10. The molecule has 1 aromatic carbocycles. The van der Waals surface area contributed by atoms with E-state index in [1.54, 1.807) is 0 Å². The lowest BCUT2D eigenvalue weighted by atomic mass is 9.97.